The minimum absolute atomic E-state index is 0.0531. The Hall–Kier alpha value is -2.71. The van der Waals surface area contributed by atoms with Gasteiger partial charge >= 0.3 is 12.0 Å². The van der Waals surface area contributed by atoms with Crippen LogP contribution in [0.15, 0.2) is 18.2 Å². The summed E-state index contributed by atoms with van der Waals surface area (Å²) >= 11 is 0. The summed E-state index contributed by atoms with van der Waals surface area (Å²) in [6.45, 7) is 0.629. The molecule has 1 aromatic carbocycles. The molecular formula is C18H21F2N3O4. The molecule has 0 radical (unpaired) electrons. The maximum Gasteiger partial charge on any atom is 0.317 e. The number of carbonyl (C=O) groups is 3. The van der Waals surface area contributed by atoms with Gasteiger partial charge in [-0.3, -0.25) is 9.59 Å². The van der Waals surface area contributed by atoms with Gasteiger partial charge in [0.1, 0.15) is 0 Å². The van der Waals surface area contributed by atoms with E-state index in [1.54, 1.807) is 7.05 Å². The standard InChI is InChI=1S/C18H21F2N3O4/c1-22-15(24)9-14(16(22)11-2-3-12(19)13(20)8-11)21-18(27)23-6-4-10(5-7-23)17(25)26/h2-3,8,10,14,16H,4-7,9H2,1H3,(H,21,27)(H,25,26). The first kappa shape index (κ1) is 19.1. The van der Waals surface area contributed by atoms with Crippen LogP contribution in [-0.2, 0) is 9.59 Å². The lowest BCUT2D eigenvalue weighted by molar-refractivity contribution is -0.143. The Balaban J connectivity index is 1.70. The van der Waals surface area contributed by atoms with Crippen LogP contribution in [0.1, 0.15) is 30.9 Å². The normalized spacial score (nSPS) is 23.6. The van der Waals surface area contributed by atoms with Crippen molar-refractivity contribution >= 4 is 17.9 Å². The number of hydrogen-bond acceptors (Lipinski definition) is 3. The highest BCUT2D eigenvalue weighted by Crippen LogP contribution is 2.33. The summed E-state index contributed by atoms with van der Waals surface area (Å²) in [4.78, 5) is 38.6. The third kappa shape index (κ3) is 3.86. The summed E-state index contributed by atoms with van der Waals surface area (Å²) in [5, 5.41) is 11.8. The number of halogens is 2. The van der Waals surface area contributed by atoms with Crippen LogP contribution < -0.4 is 5.32 Å². The fraction of sp³-hybridized carbons (Fsp3) is 0.500. The first-order valence-electron chi connectivity index (χ1n) is 8.76. The second-order valence-corrected chi connectivity index (χ2v) is 6.98. The average molecular weight is 381 g/mol. The van der Waals surface area contributed by atoms with E-state index < -0.39 is 35.6 Å². The third-order valence-electron chi connectivity index (χ3n) is 5.31. The van der Waals surface area contributed by atoms with Gasteiger partial charge in [-0.25, -0.2) is 13.6 Å². The van der Waals surface area contributed by atoms with E-state index in [-0.39, 0.29) is 18.4 Å². The van der Waals surface area contributed by atoms with Gasteiger partial charge < -0.3 is 20.2 Å². The van der Waals surface area contributed by atoms with Crippen molar-refractivity contribution < 1.29 is 28.3 Å². The van der Waals surface area contributed by atoms with Crippen LogP contribution in [-0.4, -0.2) is 59.0 Å². The van der Waals surface area contributed by atoms with E-state index in [0.717, 1.165) is 12.1 Å². The lowest BCUT2D eigenvalue weighted by atomic mass is 9.97. The van der Waals surface area contributed by atoms with Crippen molar-refractivity contribution in [2.75, 3.05) is 20.1 Å². The molecule has 2 saturated heterocycles. The molecule has 146 valence electrons. The summed E-state index contributed by atoms with van der Waals surface area (Å²) in [5.41, 5.74) is 0.400. The van der Waals surface area contributed by atoms with Gasteiger partial charge in [-0.15, -0.1) is 0 Å². The lowest BCUT2D eigenvalue weighted by Crippen LogP contribution is -2.49. The number of benzene rings is 1. The number of amides is 3. The van der Waals surface area contributed by atoms with Gasteiger partial charge in [-0.1, -0.05) is 6.07 Å². The molecule has 27 heavy (non-hydrogen) atoms. The van der Waals surface area contributed by atoms with Gasteiger partial charge in [0.2, 0.25) is 5.91 Å². The molecule has 0 saturated carbocycles. The molecule has 0 bridgehead atoms. The van der Waals surface area contributed by atoms with E-state index in [9.17, 15) is 23.2 Å². The number of nitrogens with zero attached hydrogens (tertiary/aromatic N) is 2. The minimum Gasteiger partial charge on any atom is -0.481 e. The predicted octanol–water partition coefficient (Wildman–Crippen LogP) is 1.74. The zero-order chi connectivity index (χ0) is 19.7. The van der Waals surface area contributed by atoms with Crippen LogP contribution in [0.4, 0.5) is 13.6 Å². The fourth-order valence-electron chi connectivity index (χ4n) is 3.73. The highest BCUT2D eigenvalue weighted by atomic mass is 19.2. The minimum atomic E-state index is -1.01. The van der Waals surface area contributed by atoms with E-state index in [1.807, 2.05) is 0 Å². The van der Waals surface area contributed by atoms with Crippen LogP contribution in [0.25, 0.3) is 0 Å². The third-order valence-corrected chi connectivity index (χ3v) is 5.31. The number of carboxylic acid groups (broad SMARTS) is 1. The molecule has 0 aromatic heterocycles. The van der Waals surface area contributed by atoms with Crippen molar-refractivity contribution in [3.63, 3.8) is 0 Å². The smallest absolute Gasteiger partial charge is 0.317 e. The van der Waals surface area contributed by atoms with Gasteiger partial charge in [0.05, 0.1) is 18.0 Å². The first-order chi connectivity index (χ1) is 12.8. The van der Waals surface area contributed by atoms with E-state index in [2.05, 4.69) is 5.32 Å². The molecule has 9 heteroatoms. The van der Waals surface area contributed by atoms with Gasteiger partial charge in [0.25, 0.3) is 0 Å². The largest absolute Gasteiger partial charge is 0.481 e. The molecule has 2 unspecified atom stereocenters. The van der Waals surface area contributed by atoms with E-state index in [4.69, 9.17) is 5.11 Å². The van der Waals surface area contributed by atoms with Gasteiger partial charge in [-0.05, 0) is 30.5 Å². The molecule has 2 aliphatic rings. The highest BCUT2D eigenvalue weighted by molar-refractivity contribution is 5.82. The zero-order valence-electron chi connectivity index (χ0n) is 14.8. The number of nitrogens with one attached hydrogen (secondary N) is 1. The Morgan fingerprint density at radius 2 is 1.85 bits per heavy atom. The number of carboxylic acids is 1. The molecule has 0 spiro atoms. The first-order valence-corrected chi connectivity index (χ1v) is 8.76. The Morgan fingerprint density at radius 3 is 2.44 bits per heavy atom. The molecule has 1 aromatic rings. The molecule has 2 heterocycles. The zero-order valence-corrected chi connectivity index (χ0v) is 14.8. The monoisotopic (exact) mass is 381 g/mol. The van der Waals surface area contributed by atoms with Crippen molar-refractivity contribution in [1.82, 2.24) is 15.1 Å². The molecular weight excluding hydrogens is 360 g/mol. The Kier molecular flexibility index (Phi) is 5.29. The van der Waals surface area contributed by atoms with Crippen molar-refractivity contribution in [3.05, 3.63) is 35.4 Å². The number of likely N-dealkylation sites (N-methyl/N-ethyl adjacent to an activating group) is 1. The number of carbonyl (C=O) groups excluding carboxylic acids is 2. The second kappa shape index (κ2) is 7.50. The lowest BCUT2D eigenvalue weighted by Gasteiger charge is -2.32. The highest BCUT2D eigenvalue weighted by Gasteiger charge is 2.40. The predicted molar refractivity (Wildman–Crippen MR) is 90.7 cm³/mol. The van der Waals surface area contributed by atoms with E-state index in [1.165, 1.54) is 15.9 Å². The molecule has 3 amide bonds. The molecule has 0 aliphatic carbocycles. The number of hydrogen-bond donors (Lipinski definition) is 2. The van der Waals surface area contributed by atoms with Crippen LogP contribution in [0.2, 0.25) is 0 Å². The molecule has 3 rings (SSSR count). The SMILES string of the molecule is CN1C(=O)CC(NC(=O)N2CCC(C(=O)O)CC2)C1c1ccc(F)c(F)c1. The molecule has 2 aliphatic heterocycles. The van der Waals surface area contributed by atoms with Crippen molar-refractivity contribution in [2.24, 2.45) is 5.92 Å². The van der Waals surface area contributed by atoms with Gasteiger partial charge in [-0.2, -0.15) is 0 Å². The Bertz CT molecular complexity index is 765. The van der Waals surface area contributed by atoms with Crippen LogP contribution >= 0.6 is 0 Å². The molecule has 7 nitrogen and oxygen atoms in total. The maximum absolute atomic E-state index is 13.6. The average Bonchev–Trinajstić information content (AvgIpc) is 2.91. The summed E-state index contributed by atoms with van der Waals surface area (Å²) < 4.78 is 26.8. The van der Waals surface area contributed by atoms with Crippen molar-refractivity contribution in [1.29, 1.82) is 0 Å². The van der Waals surface area contributed by atoms with Crippen LogP contribution in [0.3, 0.4) is 0 Å². The number of urea groups is 1. The van der Waals surface area contributed by atoms with Crippen molar-refractivity contribution in [2.45, 2.75) is 31.3 Å². The summed E-state index contributed by atoms with van der Waals surface area (Å²) in [7, 11) is 1.55. The summed E-state index contributed by atoms with van der Waals surface area (Å²) in [5.74, 6) is -3.52. The number of piperidine rings is 1. The summed E-state index contributed by atoms with van der Waals surface area (Å²) in [6, 6.07) is 1.85. The van der Waals surface area contributed by atoms with Crippen LogP contribution in [0, 0.1) is 17.6 Å². The van der Waals surface area contributed by atoms with E-state index in [0.29, 0.717) is 31.5 Å². The second-order valence-electron chi connectivity index (χ2n) is 6.98. The molecule has 2 fully saturated rings. The van der Waals surface area contributed by atoms with Crippen molar-refractivity contribution in [3.8, 4) is 0 Å². The quantitative estimate of drug-likeness (QED) is 0.835. The topological polar surface area (TPSA) is 90.0 Å². The van der Waals surface area contributed by atoms with E-state index >= 15 is 0 Å². The number of rotatable bonds is 3. The van der Waals surface area contributed by atoms with Gasteiger partial charge in [0.15, 0.2) is 11.6 Å². The molecule has 2 N–H and O–H groups in total. The number of aliphatic carboxylic acids is 1. The van der Waals surface area contributed by atoms with Gasteiger partial charge in [0, 0.05) is 26.6 Å². The summed E-state index contributed by atoms with van der Waals surface area (Å²) in [6.07, 6.45) is 0.801. The maximum atomic E-state index is 13.6. The Morgan fingerprint density at radius 1 is 1.19 bits per heavy atom. The van der Waals surface area contributed by atoms with Crippen LogP contribution in [0.5, 0.6) is 0 Å². The molecule has 2 atom stereocenters. The Labute approximate surface area is 154 Å². The number of likely N-dealkylation sites (tertiary alicyclic amines) is 2. The fourth-order valence-corrected chi connectivity index (χ4v) is 3.73.